The molecule has 1 N–H and O–H groups in total. The highest BCUT2D eigenvalue weighted by Crippen LogP contribution is 2.23. The van der Waals surface area contributed by atoms with Gasteiger partial charge >= 0.3 is 6.18 Å². The molecule has 0 aliphatic rings. The van der Waals surface area contributed by atoms with Gasteiger partial charge in [-0.15, -0.1) is 0 Å². The van der Waals surface area contributed by atoms with Crippen molar-refractivity contribution < 1.29 is 17.6 Å². The summed E-state index contributed by atoms with van der Waals surface area (Å²) in [5, 5.41) is 2.21. The Hall–Kier alpha value is -0.970. The molecule has 1 nitrogen and oxygen atoms in total. The lowest BCUT2D eigenvalue weighted by Gasteiger charge is -2.09. The zero-order chi connectivity index (χ0) is 11.5. The second-order valence-corrected chi connectivity index (χ2v) is 3.30. The molecule has 0 aliphatic heterocycles. The molecule has 0 amide bonds. The topological polar surface area (TPSA) is 12.0 Å². The number of rotatable bonds is 3. The number of hydrogen-bond donors (Lipinski definition) is 1. The normalized spacial score (nSPS) is 11.5. The fourth-order valence-electron chi connectivity index (χ4n) is 0.979. The molecule has 0 unspecified atom stereocenters. The fraction of sp³-hybridized carbons (Fsp3) is 0.333. The van der Waals surface area contributed by atoms with Crippen LogP contribution in [-0.2, 0) is 0 Å². The molecule has 0 atom stereocenters. The van der Waals surface area contributed by atoms with Crippen LogP contribution >= 0.6 is 11.6 Å². The minimum atomic E-state index is -4.25. The van der Waals surface area contributed by atoms with Gasteiger partial charge in [0, 0.05) is 6.54 Å². The van der Waals surface area contributed by atoms with E-state index in [1.165, 1.54) is 18.2 Å². The third kappa shape index (κ3) is 3.95. The molecule has 0 bridgehead atoms. The zero-order valence-corrected chi connectivity index (χ0v) is 8.29. The van der Waals surface area contributed by atoms with Crippen molar-refractivity contribution in [2.45, 2.75) is 12.6 Å². The number of benzene rings is 1. The lowest BCUT2D eigenvalue weighted by atomic mass is 10.3. The van der Waals surface area contributed by atoms with Crippen LogP contribution in [0.1, 0.15) is 6.42 Å². The van der Waals surface area contributed by atoms with Crippen LogP contribution in [0.25, 0.3) is 0 Å². The van der Waals surface area contributed by atoms with Gasteiger partial charge in [0.25, 0.3) is 0 Å². The summed E-state index contributed by atoms with van der Waals surface area (Å²) in [6, 6.07) is 4.12. The summed E-state index contributed by atoms with van der Waals surface area (Å²) in [6.45, 7) is -0.374. The Kier molecular flexibility index (Phi) is 3.79. The molecule has 0 saturated heterocycles. The second-order valence-electron chi connectivity index (χ2n) is 2.89. The Morgan fingerprint density at radius 2 is 1.93 bits per heavy atom. The minimum absolute atomic E-state index is 0.0215. The van der Waals surface area contributed by atoms with E-state index < -0.39 is 18.4 Å². The van der Waals surface area contributed by atoms with E-state index in [1.54, 1.807) is 0 Å². The predicted molar refractivity (Wildman–Crippen MR) is 50.6 cm³/mol. The number of alkyl halides is 3. The monoisotopic (exact) mass is 241 g/mol. The molecule has 1 aromatic carbocycles. The molecule has 84 valence electrons. The van der Waals surface area contributed by atoms with E-state index in [2.05, 4.69) is 5.32 Å². The first-order valence-electron chi connectivity index (χ1n) is 4.15. The summed E-state index contributed by atoms with van der Waals surface area (Å²) in [4.78, 5) is 0. The van der Waals surface area contributed by atoms with Gasteiger partial charge in [-0.3, -0.25) is 0 Å². The molecule has 6 heteroatoms. The van der Waals surface area contributed by atoms with E-state index in [9.17, 15) is 17.6 Å². The van der Waals surface area contributed by atoms with Crippen molar-refractivity contribution in [1.29, 1.82) is 0 Å². The van der Waals surface area contributed by atoms with Crippen molar-refractivity contribution in [3.05, 3.63) is 29.0 Å². The fourth-order valence-corrected chi connectivity index (χ4v) is 1.15. The first-order chi connectivity index (χ1) is 6.90. The molecule has 0 aliphatic carbocycles. The SMILES string of the molecule is Fc1c(Cl)cccc1NCCC(F)(F)F. The van der Waals surface area contributed by atoms with Crippen molar-refractivity contribution in [1.82, 2.24) is 0 Å². The van der Waals surface area contributed by atoms with Gasteiger partial charge in [-0.25, -0.2) is 4.39 Å². The first kappa shape index (κ1) is 12.1. The Balaban J connectivity index is 2.55. The molecule has 15 heavy (non-hydrogen) atoms. The van der Waals surface area contributed by atoms with Crippen LogP contribution in [0.2, 0.25) is 5.02 Å². The Morgan fingerprint density at radius 3 is 2.53 bits per heavy atom. The van der Waals surface area contributed by atoms with Crippen LogP contribution in [0, 0.1) is 5.82 Å². The average molecular weight is 242 g/mol. The highest BCUT2D eigenvalue weighted by atomic mass is 35.5. The molecule has 1 aromatic rings. The lowest BCUT2D eigenvalue weighted by Crippen LogP contribution is -2.15. The molecular formula is C9H8ClF4N. The summed E-state index contributed by atoms with van der Waals surface area (Å²) in [5.74, 6) is -0.735. The Bertz CT molecular complexity index is 337. The van der Waals surface area contributed by atoms with Crippen LogP contribution in [0.5, 0.6) is 0 Å². The highest BCUT2D eigenvalue weighted by Gasteiger charge is 2.26. The van der Waals surface area contributed by atoms with Crippen molar-refractivity contribution in [2.24, 2.45) is 0 Å². The van der Waals surface area contributed by atoms with Crippen LogP contribution in [-0.4, -0.2) is 12.7 Å². The van der Waals surface area contributed by atoms with Gasteiger partial charge in [-0.1, -0.05) is 17.7 Å². The van der Waals surface area contributed by atoms with Gasteiger partial charge in [0.2, 0.25) is 0 Å². The quantitative estimate of drug-likeness (QED) is 0.793. The Morgan fingerprint density at radius 1 is 1.27 bits per heavy atom. The molecular weight excluding hydrogens is 234 g/mol. The number of anilines is 1. The maximum absolute atomic E-state index is 13.1. The molecule has 0 spiro atoms. The van der Waals surface area contributed by atoms with Gasteiger partial charge in [0.05, 0.1) is 17.1 Å². The first-order valence-corrected chi connectivity index (χ1v) is 4.52. The van der Waals surface area contributed by atoms with Crippen LogP contribution in [0.4, 0.5) is 23.2 Å². The highest BCUT2D eigenvalue weighted by molar-refractivity contribution is 6.31. The molecule has 1 rings (SSSR count). The second kappa shape index (κ2) is 4.70. The summed E-state index contributed by atoms with van der Waals surface area (Å²) >= 11 is 5.45. The van der Waals surface area contributed by atoms with Gasteiger partial charge in [0.1, 0.15) is 0 Å². The molecule has 0 fully saturated rings. The largest absolute Gasteiger partial charge is 0.390 e. The van der Waals surface area contributed by atoms with E-state index in [-0.39, 0.29) is 17.3 Å². The molecule has 0 saturated carbocycles. The summed E-state index contributed by atoms with van der Waals surface area (Å²) in [5.41, 5.74) is -0.0215. The molecule has 0 heterocycles. The van der Waals surface area contributed by atoms with Crippen molar-refractivity contribution in [2.75, 3.05) is 11.9 Å². The zero-order valence-electron chi connectivity index (χ0n) is 7.54. The smallest absolute Gasteiger partial charge is 0.382 e. The van der Waals surface area contributed by atoms with Crippen molar-refractivity contribution >= 4 is 17.3 Å². The predicted octanol–water partition coefficient (Wildman–Crippen LogP) is 3.84. The van der Waals surface area contributed by atoms with E-state index in [0.29, 0.717) is 0 Å². The van der Waals surface area contributed by atoms with Gasteiger partial charge in [-0.2, -0.15) is 13.2 Å². The van der Waals surface area contributed by atoms with E-state index in [4.69, 9.17) is 11.6 Å². The van der Waals surface area contributed by atoms with Crippen LogP contribution in [0.15, 0.2) is 18.2 Å². The van der Waals surface area contributed by atoms with Crippen molar-refractivity contribution in [3.8, 4) is 0 Å². The average Bonchev–Trinajstić information content (AvgIpc) is 2.10. The number of hydrogen-bond acceptors (Lipinski definition) is 1. The standard InChI is InChI=1S/C9H8ClF4N/c10-6-2-1-3-7(8(6)11)15-5-4-9(12,13)14/h1-3,15H,4-5H2. The van der Waals surface area contributed by atoms with E-state index >= 15 is 0 Å². The van der Waals surface area contributed by atoms with Gasteiger partial charge in [-0.05, 0) is 12.1 Å². The summed E-state index contributed by atoms with van der Waals surface area (Å²) in [6.07, 6.45) is -5.26. The third-order valence-corrected chi connectivity index (χ3v) is 1.97. The van der Waals surface area contributed by atoms with E-state index in [1.807, 2.05) is 0 Å². The molecule has 0 radical (unpaired) electrons. The summed E-state index contributed by atoms with van der Waals surface area (Å²) in [7, 11) is 0. The molecule has 0 aromatic heterocycles. The van der Waals surface area contributed by atoms with Gasteiger partial charge < -0.3 is 5.32 Å². The maximum Gasteiger partial charge on any atom is 0.390 e. The minimum Gasteiger partial charge on any atom is -0.382 e. The third-order valence-electron chi connectivity index (χ3n) is 1.68. The van der Waals surface area contributed by atoms with Crippen LogP contribution in [0.3, 0.4) is 0 Å². The van der Waals surface area contributed by atoms with Crippen molar-refractivity contribution in [3.63, 3.8) is 0 Å². The number of halogens is 5. The van der Waals surface area contributed by atoms with Crippen LogP contribution < -0.4 is 5.32 Å². The van der Waals surface area contributed by atoms with E-state index in [0.717, 1.165) is 0 Å². The summed E-state index contributed by atoms with van der Waals surface area (Å²) < 4.78 is 48.5. The maximum atomic E-state index is 13.1. The van der Waals surface area contributed by atoms with Gasteiger partial charge in [0.15, 0.2) is 5.82 Å². The number of nitrogens with one attached hydrogen (secondary N) is 1. The lowest BCUT2D eigenvalue weighted by molar-refractivity contribution is -0.131. The Labute approximate surface area is 89.0 Å².